The molecule has 0 spiro atoms. The summed E-state index contributed by atoms with van der Waals surface area (Å²) in [6.07, 6.45) is 8.10. The van der Waals surface area contributed by atoms with E-state index in [-0.39, 0.29) is 0 Å². The SMILES string of the molecule is CCC(=O)CCCCCCCc1nc2cc(N(CCCl)CCCl)ccc2n1C. The van der Waals surface area contributed by atoms with Gasteiger partial charge in [0.05, 0.1) is 11.0 Å². The first-order chi connectivity index (χ1) is 13.6. The third-order valence-corrected chi connectivity index (χ3v) is 5.62. The van der Waals surface area contributed by atoms with Gasteiger partial charge < -0.3 is 9.47 Å². The average molecular weight is 426 g/mol. The number of carbonyl (C=O) groups excluding carboxylic acids is 1. The Morgan fingerprint density at radius 2 is 1.75 bits per heavy atom. The number of hydrogen-bond acceptors (Lipinski definition) is 3. The lowest BCUT2D eigenvalue weighted by Crippen LogP contribution is -2.27. The van der Waals surface area contributed by atoms with Gasteiger partial charge in [-0.25, -0.2) is 4.98 Å². The maximum atomic E-state index is 11.3. The molecule has 2 aromatic rings. The average Bonchev–Trinajstić information content (AvgIpc) is 3.01. The predicted molar refractivity (Wildman–Crippen MR) is 121 cm³/mol. The van der Waals surface area contributed by atoms with Crippen molar-refractivity contribution in [3.8, 4) is 0 Å². The molecular formula is C22H33Cl2N3O. The summed E-state index contributed by atoms with van der Waals surface area (Å²) in [5.41, 5.74) is 3.32. The summed E-state index contributed by atoms with van der Waals surface area (Å²) in [7, 11) is 2.09. The van der Waals surface area contributed by atoms with Crippen LogP contribution in [0.3, 0.4) is 0 Å². The number of ketones is 1. The number of halogens is 2. The number of aryl methyl sites for hydroxylation is 2. The van der Waals surface area contributed by atoms with Crippen molar-refractivity contribution in [3.05, 3.63) is 24.0 Å². The lowest BCUT2D eigenvalue weighted by atomic mass is 10.1. The summed E-state index contributed by atoms with van der Waals surface area (Å²) in [4.78, 5) is 18.4. The first-order valence-corrected chi connectivity index (χ1v) is 11.5. The van der Waals surface area contributed by atoms with Gasteiger partial charge in [-0.15, -0.1) is 23.2 Å². The molecule has 0 aliphatic carbocycles. The quantitative estimate of drug-likeness (QED) is 0.286. The summed E-state index contributed by atoms with van der Waals surface area (Å²) in [5, 5.41) is 0. The maximum absolute atomic E-state index is 11.3. The van der Waals surface area contributed by atoms with Crippen molar-refractivity contribution >= 4 is 45.7 Å². The maximum Gasteiger partial charge on any atom is 0.132 e. The van der Waals surface area contributed by atoms with Crippen molar-refractivity contribution in [3.63, 3.8) is 0 Å². The van der Waals surface area contributed by atoms with Crippen molar-refractivity contribution in [2.24, 2.45) is 7.05 Å². The van der Waals surface area contributed by atoms with E-state index < -0.39 is 0 Å². The Balaban J connectivity index is 1.89. The van der Waals surface area contributed by atoms with Crippen LogP contribution >= 0.6 is 23.2 Å². The van der Waals surface area contributed by atoms with E-state index in [1.807, 2.05) is 6.92 Å². The zero-order valence-corrected chi connectivity index (χ0v) is 18.7. The van der Waals surface area contributed by atoms with Gasteiger partial charge in [-0.3, -0.25) is 4.79 Å². The molecule has 0 unspecified atom stereocenters. The fraction of sp³-hybridized carbons (Fsp3) is 0.636. The van der Waals surface area contributed by atoms with E-state index in [9.17, 15) is 4.79 Å². The summed E-state index contributed by atoms with van der Waals surface area (Å²) in [6.45, 7) is 3.50. The highest BCUT2D eigenvalue weighted by Crippen LogP contribution is 2.23. The topological polar surface area (TPSA) is 38.1 Å². The highest BCUT2D eigenvalue weighted by molar-refractivity contribution is 6.18. The van der Waals surface area contributed by atoms with E-state index in [1.54, 1.807) is 0 Å². The Kier molecular flexibility index (Phi) is 10.1. The predicted octanol–water partition coefficient (Wildman–Crippen LogP) is 5.72. The van der Waals surface area contributed by atoms with Crippen LogP contribution in [-0.2, 0) is 18.3 Å². The van der Waals surface area contributed by atoms with Gasteiger partial charge in [0, 0.05) is 56.8 Å². The normalized spacial score (nSPS) is 11.3. The van der Waals surface area contributed by atoms with Gasteiger partial charge in [0.2, 0.25) is 0 Å². The van der Waals surface area contributed by atoms with Crippen molar-refractivity contribution in [1.29, 1.82) is 0 Å². The zero-order chi connectivity index (χ0) is 20.4. The molecule has 1 aromatic heterocycles. The molecule has 0 aliphatic rings. The molecule has 0 amide bonds. The number of unbranched alkanes of at least 4 members (excludes halogenated alkanes) is 4. The van der Waals surface area contributed by atoms with E-state index >= 15 is 0 Å². The molecule has 0 fully saturated rings. The van der Waals surface area contributed by atoms with E-state index in [4.69, 9.17) is 28.2 Å². The number of Topliss-reactive ketones (excluding diaryl/α,β-unsaturated/α-hetero) is 1. The van der Waals surface area contributed by atoms with Gasteiger partial charge in [-0.1, -0.05) is 26.2 Å². The van der Waals surface area contributed by atoms with Crippen molar-refractivity contribution in [2.75, 3.05) is 29.7 Å². The van der Waals surface area contributed by atoms with Gasteiger partial charge in [-0.05, 0) is 31.0 Å². The Morgan fingerprint density at radius 3 is 2.43 bits per heavy atom. The molecule has 0 aliphatic heterocycles. The third kappa shape index (κ3) is 6.66. The van der Waals surface area contributed by atoms with Crippen LogP contribution in [0.1, 0.15) is 57.7 Å². The number of benzene rings is 1. The minimum Gasteiger partial charge on any atom is -0.369 e. The number of anilines is 1. The second-order valence-corrected chi connectivity index (χ2v) is 8.04. The number of nitrogens with zero attached hydrogens (tertiary/aromatic N) is 3. The van der Waals surface area contributed by atoms with Crippen LogP contribution in [0, 0.1) is 0 Å². The molecule has 0 bridgehead atoms. The number of carbonyl (C=O) groups is 1. The van der Waals surface area contributed by atoms with E-state index in [1.165, 1.54) is 12.8 Å². The molecule has 4 nitrogen and oxygen atoms in total. The Hall–Kier alpha value is -1.26. The van der Waals surface area contributed by atoms with E-state index in [0.29, 0.717) is 24.0 Å². The van der Waals surface area contributed by atoms with Crippen LogP contribution in [0.4, 0.5) is 5.69 Å². The molecule has 1 heterocycles. The van der Waals surface area contributed by atoms with Crippen molar-refractivity contribution in [2.45, 2.75) is 58.3 Å². The Bertz CT molecular complexity index is 739. The molecule has 0 atom stereocenters. The van der Waals surface area contributed by atoms with Gasteiger partial charge >= 0.3 is 0 Å². The van der Waals surface area contributed by atoms with Gasteiger partial charge in [-0.2, -0.15) is 0 Å². The van der Waals surface area contributed by atoms with Crippen LogP contribution in [0.2, 0.25) is 0 Å². The molecule has 0 saturated heterocycles. The summed E-state index contributed by atoms with van der Waals surface area (Å²) in [6, 6.07) is 6.41. The largest absolute Gasteiger partial charge is 0.369 e. The standard InChI is InChI=1S/C22H33Cl2N3O/c1-3-19(28)9-7-5-4-6-8-10-22-25-20-17-18(11-12-21(20)26(22)2)27(15-13-23)16-14-24/h11-12,17H,3-10,13-16H2,1-2H3. The van der Waals surface area contributed by atoms with E-state index in [0.717, 1.165) is 67.7 Å². The Labute approximate surface area is 179 Å². The monoisotopic (exact) mass is 425 g/mol. The number of imidazole rings is 1. The van der Waals surface area contributed by atoms with Crippen LogP contribution in [0.25, 0.3) is 11.0 Å². The highest BCUT2D eigenvalue weighted by Gasteiger charge is 2.11. The number of fused-ring (bicyclic) bond motifs is 1. The molecule has 0 saturated carbocycles. The number of aromatic nitrogens is 2. The van der Waals surface area contributed by atoms with Crippen LogP contribution in [0.15, 0.2) is 18.2 Å². The highest BCUT2D eigenvalue weighted by atomic mass is 35.5. The van der Waals surface area contributed by atoms with Gasteiger partial charge in [0.1, 0.15) is 11.6 Å². The number of rotatable bonds is 14. The molecule has 6 heteroatoms. The molecule has 2 rings (SSSR count). The fourth-order valence-electron chi connectivity index (χ4n) is 3.54. The summed E-state index contributed by atoms with van der Waals surface area (Å²) < 4.78 is 2.20. The van der Waals surface area contributed by atoms with Crippen molar-refractivity contribution < 1.29 is 4.79 Å². The molecular weight excluding hydrogens is 393 g/mol. The molecule has 0 N–H and O–H groups in total. The van der Waals surface area contributed by atoms with Crippen molar-refractivity contribution in [1.82, 2.24) is 9.55 Å². The van der Waals surface area contributed by atoms with Crippen LogP contribution in [-0.4, -0.2) is 40.2 Å². The van der Waals surface area contributed by atoms with Gasteiger partial charge in [0.15, 0.2) is 0 Å². The zero-order valence-electron chi connectivity index (χ0n) is 17.2. The van der Waals surface area contributed by atoms with Gasteiger partial charge in [0.25, 0.3) is 0 Å². The number of alkyl halides is 2. The smallest absolute Gasteiger partial charge is 0.132 e. The second-order valence-electron chi connectivity index (χ2n) is 7.29. The lowest BCUT2D eigenvalue weighted by molar-refractivity contribution is -0.118. The Morgan fingerprint density at radius 1 is 1.07 bits per heavy atom. The summed E-state index contributed by atoms with van der Waals surface area (Å²) >= 11 is 11.9. The minimum atomic E-state index is 0.384. The summed E-state index contributed by atoms with van der Waals surface area (Å²) in [5.74, 6) is 2.67. The first-order valence-electron chi connectivity index (χ1n) is 10.4. The van der Waals surface area contributed by atoms with Crippen LogP contribution in [0.5, 0.6) is 0 Å². The molecule has 28 heavy (non-hydrogen) atoms. The molecule has 156 valence electrons. The molecule has 1 aromatic carbocycles. The minimum absolute atomic E-state index is 0.384. The van der Waals surface area contributed by atoms with E-state index in [2.05, 4.69) is 34.7 Å². The fourth-order valence-corrected chi connectivity index (χ4v) is 3.95. The second kappa shape index (κ2) is 12.3. The lowest BCUT2D eigenvalue weighted by Gasteiger charge is -2.22. The third-order valence-electron chi connectivity index (χ3n) is 5.28. The first kappa shape index (κ1) is 23.0. The number of hydrogen-bond donors (Lipinski definition) is 0. The molecule has 0 radical (unpaired) electrons. The van der Waals surface area contributed by atoms with Crippen LogP contribution < -0.4 is 4.90 Å².